The molecule has 176 valence electrons. The predicted octanol–water partition coefficient (Wildman–Crippen LogP) is 0.613. The number of hydroxylamine groups is 1. The van der Waals surface area contributed by atoms with Crippen LogP contribution in [0, 0.1) is 29.6 Å². The average Bonchev–Trinajstić information content (AvgIpc) is 3.16. The number of nitrogens with zero attached hydrogens (tertiary/aromatic N) is 2. The second kappa shape index (κ2) is 9.54. The van der Waals surface area contributed by atoms with E-state index in [-0.39, 0.29) is 25.5 Å². The minimum absolute atomic E-state index is 0.0696. The molecule has 4 N–H and O–H groups in total. The molecule has 1 saturated carbocycles. The Kier molecular flexibility index (Phi) is 7.15. The smallest absolute Gasteiger partial charge is 0.264 e. The molecule has 0 radical (unpaired) electrons. The van der Waals surface area contributed by atoms with Crippen molar-refractivity contribution in [1.29, 1.82) is 0 Å². The first-order chi connectivity index (χ1) is 15.5. The van der Waals surface area contributed by atoms with Crippen LogP contribution in [0.15, 0.2) is 24.4 Å². The normalized spacial score (nSPS) is 21.7. The lowest BCUT2D eigenvalue weighted by atomic mass is 9.70. The highest BCUT2D eigenvalue weighted by Gasteiger charge is 2.43. The van der Waals surface area contributed by atoms with E-state index in [9.17, 15) is 18.3 Å². The van der Waals surface area contributed by atoms with E-state index in [4.69, 9.17) is 10.3 Å². The van der Waals surface area contributed by atoms with E-state index in [1.54, 1.807) is 23.0 Å². The van der Waals surface area contributed by atoms with Crippen molar-refractivity contribution >= 4 is 26.6 Å². The summed E-state index contributed by atoms with van der Waals surface area (Å²) < 4.78 is 23.9. The Labute approximate surface area is 192 Å². The van der Waals surface area contributed by atoms with Gasteiger partial charge < -0.3 is 10.2 Å². The first kappa shape index (κ1) is 24.7. The van der Waals surface area contributed by atoms with Crippen LogP contribution >= 0.6 is 0 Å². The maximum atomic E-state index is 12.1. The number of aromatic nitrogens is 2. The number of rotatable bonds is 7. The monoisotopic (exact) mass is 473 g/mol. The average molecular weight is 474 g/mol. The molecule has 0 aliphatic heterocycles. The highest BCUT2D eigenvalue weighted by molar-refractivity contribution is 7.92. The number of aliphatic hydroxyl groups is 2. The number of sulfone groups is 1. The second-order valence-electron chi connectivity index (χ2n) is 8.77. The molecule has 1 amide bonds. The molecule has 2 aromatic rings. The van der Waals surface area contributed by atoms with Gasteiger partial charge in [-0.2, -0.15) is 5.10 Å². The van der Waals surface area contributed by atoms with Crippen LogP contribution in [0.2, 0.25) is 0 Å². The number of aryl methyl sites for hydroxylation is 1. The summed E-state index contributed by atoms with van der Waals surface area (Å²) in [4.78, 5) is 11.9. The molecule has 1 aliphatic rings. The zero-order valence-electron chi connectivity index (χ0n) is 18.5. The summed E-state index contributed by atoms with van der Waals surface area (Å²) in [5.74, 6) is 10.5. The number of carbonyl (C=O) groups is 1. The maximum Gasteiger partial charge on any atom is 0.264 e. The Morgan fingerprint density at radius 3 is 2.73 bits per heavy atom. The van der Waals surface area contributed by atoms with Gasteiger partial charge in [-0.15, -0.1) is 0 Å². The highest BCUT2D eigenvalue weighted by Crippen LogP contribution is 2.39. The van der Waals surface area contributed by atoms with Crippen LogP contribution in [0.3, 0.4) is 0 Å². The third-order valence-corrected chi connectivity index (χ3v) is 8.17. The number of nitrogens with one attached hydrogen (secondary N) is 1. The van der Waals surface area contributed by atoms with Gasteiger partial charge >= 0.3 is 0 Å². The fourth-order valence-electron chi connectivity index (χ4n) is 3.83. The molecule has 1 heterocycles. The van der Waals surface area contributed by atoms with E-state index in [1.807, 2.05) is 6.07 Å². The topological polar surface area (TPSA) is 142 Å². The summed E-state index contributed by atoms with van der Waals surface area (Å²) in [6.07, 6.45) is 4.05. The van der Waals surface area contributed by atoms with Crippen molar-refractivity contribution in [2.24, 2.45) is 5.92 Å². The first-order valence-electron chi connectivity index (χ1n) is 10.4. The van der Waals surface area contributed by atoms with Crippen LogP contribution in [-0.2, 0) is 21.2 Å². The zero-order chi connectivity index (χ0) is 24.3. The number of hydrogen-bond donors (Lipinski definition) is 4. The first-order valence-corrected chi connectivity index (χ1v) is 12.3. The molecule has 3 rings (SSSR count). The molecule has 10 heteroatoms. The highest BCUT2D eigenvalue weighted by atomic mass is 32.2. The summed E-state index contributed by atoms with van der Waals surface area (Å²) in [6.45, 7) is 1.50. The van der Waals surface area contributed by atoms with Gasteiger partial charge in [0.15, 0.2) is 14.6 Å². The number of carbonyl (C=O) groups excluding carboxylic acids is 1. The maximum absolute atomic E-state index is 12.1. The van der Waals surface area contributed by atoms with Gasteiger partial charge in [-0.1, -0.05) is 11.8 Å². The van der Waals surface area contributed by atoms with Crippen LogP contribution in [0.25, 0.3) is 10.9 Å². The van der Waals surface area contributed by atoms with Crippen molar-refractivity contribution in [2.75, 3.05) is 12.9 Å². The van der Waals surface area contributed by atoms with E-state index < -0.39 is 26.1 Å². The third-order valence-electron chi connectivity index (χ3n) is 6.14. The Balaban J connectivity index is 1.66. The van der Waals surface area contributed by atoms with Crippen LogP contribution in [0.4, 0.5) is 0 Å². The van der Waals surface area contributed by atoms with Crippen LogP contribution in [0.1, 0.15) is 38.2 Å². The van der Waals surface area contributed by atoms with Gasteiger partial charge in [-0.05, 0) is 62.1 Å². The molecule has 1 aromatic heterocycles. The summed E-state index contributed by atoms with van der Waals surface area (Å²) in [6, 6.07) is 5.40. The van der Waals surface area contributed by atoms with Gasteiger partial charge in [-0.25, -0.2) is 13.9 Å². The number of fused-ring (bicyclic) bond motifs is 1. The number of benzene rings is 1. The van der Waals surface area contributed by atoms with Crippen LogP contribution < -0.4 is 5.48 Å². The molecule has 0 spiro atoms. The van der Waals surface area contributed by atoms with E-state index in [1.165, 1.54) is 12.4 Å². The molecular weight excluding hydrogens is 446 g/mol. The van der Waals surface area contributed by atoms with Gasteiger partial charge in [-0.3, -0.25) is 14.7 Å². The van der Waals surface area contributed by atoms with E-state index >= 15 is 0 Å². The van der Waals surface area contributed by atoms with Gasteiger partial charge in [0.25, 0.3) is 5.91 Å². The van der Waals surface area contributed by atoms with Crippen molar-refractivity contribution in [3.05, 3.63) is 30.0 Å². The third kappa shape index (κ3) is 5.55. The van der Waals surface area contributed by atoms with E-state index in [0.717, 1.165) is 17.2 Å². The summed E-state index contributed by atoms with van der Waals surface area (Å²) in [5.41, 5.74) is 2.02. The van der Waals surface area contributed by atoms with Crippen molar-refractivity contribution < 1.29 is 28.6 Å². The van der Waals surface area contributed by atoms with E-state index in [0.29, 0.717) is 24.8 Å². The van der Waals surface area contributed by atoms with Gasteiger partial charge in [0.2, 0.25) is 0 Å². The number of hydrogen-bond acceptors (Lipinski definition) is 7. The van der Waals surface area contributed by atoms with Crippen molar-refractivity contribution in [3.63, 3.8) is 0 Å². The Morgan fingerprint density at radius 2 is 2.09 bits per heavy atom. The minimum Gasteiger partial charge on any atom is -0.396 e. The molecule has 0 unspecified atom stereocenters. The molecule has 0 saturated heterocycles. The second-order valence-corrected chi connectivity index (χ2v) is 11.2. The van der Waals surface area contributed by atoms with Crippen molar-refractivity contribution in [1.82, 2.24) is 15.3 Å². The lowest BCUT2D eigenvalue weighted by molar-refractivity contribution is -0.131. The SMILES string of the molecule is C[C@@](CCn1cc2cc(C#CC#CC[C@]3(O)C[C@@H](CO)C3)ccc2n1)(C(=O)NO)S(C)(=O)=O. The Morgan fingerprint density at radius 1 is 1.36 bits per heavy atom. The molecule has 33 heavy (non-hydrogen) atoms. The zero-order valence-corrected chi connectivity index (χ0v) is 19.3. The molecule has 1 aliphatic carbocycles. The minimum atomic E-state index is -3.78. The molecular formula is C23H27N3O6S. The van der Waals surface area contributed by atoms with Gasteiger partial charge in [0.05, 0.1) is 11.1 Å². The molecule has 1 fully saturated rings. The number of aliphatic hydroxyl groups excluding tert-OH is 1. The van der Waals surface area contributed by atoms with Crippen molar-refractivity contribution in [3.8, 4) is 23.7 Å². The van der Waals surface area contributed by atoms with Crippen LogP contribution in [0.5, 0.6) is 0 Å². The molecule has 1 aromatic carbocycles. The summed E-state index contributed by atoms with van der Waals surface area (Å²) in [5, 5.41) is 33.3. The Hall–Kier alpha value is -2.89. The molecule has 1 atom stereocenters. The van der Waals surface area contributed by atoms with Crippen molar-refractivity contribution in [2.45, 2.75) is 49.5 Å². The lowest BCUT2D eigenvalue weighted by Gasteiger charge is -2.41. The standard InChI is InChI=1S/C23H27N3O6S/c1-22(21(28)25-30,33(2,31)32)10-11-26-15-19-12-17(7-8-20(19)24-26)6-4-3-5-9-23(29)13-18(14-23)16-27/h7-8,12,15,18,27,29-30H,9-11,13-14,16H2,1-2H3,(H,25,28)/t18-,22-,23+/m1/s1. The van der Waals surface area contributed by atoms with Crippen LogP contribution in [-0.4, -0.2) is 62.7 Å². The number of amides is 1. The largest absolute Gasteiger partial charge is 0.396 e. The fraction of sp³-hybridized carbons (Fsp3) is 0.478. The summed E-state index contributed by atoms with van der Waals surface area (Å²) in [7, 11) is -3.78. The fourth-order valence-corrected chi connectivity index (χ4v) is 4.67. The lowest BCUT2D eigenvalue weighted by Crippen LogP contribution is -2.49. The van der Waals surface area contributed by atoms with Gasteiger partial charge in [0, 0.05) is 43.0 Å². The predicted molar refractivity (Wildman–Crippen MR) is 122 cm³/mol. The van der Waals surface area contributed by atoms with E-state index in [2.05, 4.69) is 28.8 Å². The quantitative estimate of drug-likeness (QED) is 0.262. The van der Waals surface area contributed by atoms with Gasteiger partial charge in [0.1, 0.15) is 0 Å². The summed E-state index contributed by atoms with van der Waals surface area (Å²) >= 11 is 0. The molecule has 9 nitrogen and oxygen atoms in total. The Bertz CT molecular complexity index is 1270. The molecule has 0 bridgehead atoms.